The summed E-state index contributed by atoms with van der Waals surface area (Å²) in [4.78, 5) is 47.3. The molecule has 0 radical (unpaired) electrons. The maximum atomic E-state index is 12.8. The molecule has 3 rings (SSSR count). The fourth-order valence-electron chi connectivity index (χ4n) is 3.47. The molecule has 7 N–H and O–H groups in total. The van der Waals surface area contributed by atoms with Gasteiger partial charge in [0, 0.05) is 0 Å². The number of ether oxygens (including phenoxy) is 1. The number of hydrogen-bond donors (Lipinski definition) is 7. The summed E-state index contributed by atoms with van der Waals surface area (Å²) >= 11 is 5.15. The van der Waals surface area contributed by atoms with Gasteiger partial charge in [-0.1, -0.05) is 24.1 Å². The second-order valence-electron chi connectivity index (χ2n) is 7.54. The number of nitrogens with one attached hydrogen (secondary N) is 1. The molecule has 1 saturated heterocycles. The summed E-state index contributed by atoms with van der Waals surface area (Å²) in [6, 6.07) is 0. The molecule has 0 saturated carbocycles. The van der Waals surface area contributed by atoms with E-state index in [0.29, 0.717) is 5.82 Å². The number of H-pyrrole nitrogens is 1. The predicted molar refractivity (Wildman–Crippen MR) is 120 cm³/mol. The lowest BCUT2D eigenvalue weighted by Crippen LogP contribution is -2.47. The molecular weight excluding hydrogens is 588 g/mol. The van der Waals surface area contributed by atoms with Gasteiger partial charge in [-0.05, 0) is 13.8 Å². The van der Waals surface area contributed by atoms with Crippen LogP contribution < -0.4 is 0 Å². The monoisotopic (exact) mass is 608 g/mol. The molecule has 37 heavy (non-hydrogen) atoms. The van der Waals surface area contributed by atoms with Gasteiger partial charge in [-0.15, -0.1) is 0 Å². The van der Waals surface area contributed by atoms with Crippen LogP contribution in [0, 0.1) is 23.4 Å². The number of hydrogen-bond acceptors (Lipinski definition) is 12. The smallest absolute Gasteiger partial charge is 0.386 e. The van der Waals surface area contributed by atoms with E-state index in [4.69, 9.17) is 26.7 Å². The topological polar surface area (TPSA) is 256 Å². The molecule has 0 aromatic carbocycles. The molecule has 22 heteroatoms. The van der Waals surface area contributed by atoms with Crippen molar-refractivity contribution in [3.8, 4) is 11.8 Å². The van der Waals surface area contributed by atoms with Crippen molar-refractivity contribution in [2.75, 3.05) is 6.67 Å². The van der Waals surface area contributed by atoms with Crippen molar-refractivity contribution in [1.29, 1.82) is 0 Å². The minimum atomic E-state index is -5.82. The molecule has 3 heterocycles. The Labute approximate surface area is 211 Å². The van der Waals surface area contributed by atoms with E-state index >= 15 is 0 Å². The Kier molecular flexibility index (Phi) is 8.63. The average Bonchev–Trinajstić information content (AvgIpc) is 3.23. The highest BCUT2D eigenvalue weighted by Crippen LogP contribution is 2.66. The minimum absolute atomic E-state index is 0.0829. The van der Waals surface area contributed by atoms with Crippen LogP contribution in [0.3, 0.4) is 0 Å². The van der Waals surface area contributed by atoms with Crippen LogP contribution >= 0.6 is 35.7 Å². The van der Waals surface area contributed by atoms with Crippen molar-refractivity contribution in [1.82, 2.24) is 19.5 Å². The van der Waals surface area contributed by atoms with E-state index in [1.54, 1.807) is 6.92 Å². The van der Waals surface area contributed by atoms with Crippen molar-refractivity contribution in [2.45, 2.75) is 44.0 Å². The number of aromatic nitrogens is 4. The number of imidazole rings is 1. The number of aliphatic hydroxyl groups excluding tert-OH is 1. The quantitative estimate of drug-likeness (QED) is 0.122. The summed E-state index contributed by atoms with van der Waals surface area (Å²) in [5.41, 5.74) is -2.23. The Hall–Kier alpha value is -1.45. The maximum Gasteiger partial charge on any atom is 0.490 e. The largest absolute Gasteiger partial charge is 0.490 e. The number of nitrogens with zero attached hydrogens (tertiary/aromatic N) is 3. The van der Waals surface area contributed by atoms with E-state index in [1.807, 2.05) is 5.92 Å². The van der Waals surface area contributed by atoms with E-state index in [0.717, 1.165) is 17.8 Å². The number of halogens is 1. The van der Waals surface area contributed by atoms with Crippen LogP contribution in [0.5, 0.6) is 0 Å². The molecule has 2 aromatic heterocycles. The van der Waals surface area contributed by atoms with E-state index < -0.39 is 60.3 Å². The van der Waals surface area contributed by atoms with E-state index in [2.05, 4.69) is 34.0 Å². The third-order valence-corrected chi connectivity index (χ3v) is 8.99. The van der Waals surface area contributed by atoms with Crippen molar-refractivity contribution in [2.24, 2.45) is 0 Å². The summed E-state index contributed by atoms with van der Waals surface area (Å²) in [5.74, 6) is 4.46. The van der Waals surface area contributed by atoms with Gasteiger partial charge in [0.15, 0.2) is 16.5 Å². The average molecular weight is 608 g/mol. The highest BCUT2D eigenvalue weighted by atomic mass is 32.1. The van der Waals surface area contributed by atoms with Gasteiger partial charge in [-0.25, -0.2) is 28.1 Å². The lowest BCUT2D eigenvalue weighted by atomic mass is 9.92. The Morgan fingerprint density at radius 2 is 1.95 bits per heavy atom. The van der Waals surface area contributed by atoms with Crippen LogP contribution in [-0.4, -0.2) is 79.9 Å². The first-order chi connectivity index (χ1) is 16.9. The second kappa shape index (κ2) is 10.6. The molecule has 206 valence electrons. The van der Waals surface area contributed by atoms with Gasteiger partial charge >= 0.3 is 23.5 Å². The van der Waals surface area contributed by atoms with Crippen LogP contribution in [0.4, 0.5) is 4.39 Å². The Balaban J connectivity index is 1.95. The van der Waals surface area contributed by atoms with Crippen LogP contribution in [0.25, 0.3) is 11.2 Å². The van der Waals surface area contributed by atoms with Crippen LogP contribution in [0.1, 0.15) is 19.0 Å². The first-order valence-electron chi connectivity index (χ1n) is 9.76. The summed E-state index contributed by atoms with van der Waals surface area (Å²) in [5, 5.41) is 22.1. The number of alkyl halides is 1. The van der Waals surface area contributed by atoms with Gasteiger partial charge in [-0.3, -0.25) is 9.09 Å². The first-order valence-corrected chi connectivity index (χ1v) is 14.7. The highest BCUT2D eigenvalue weighted by molar-refractivity contribution is 7.71. The van der Waals surface area contributed by atoms with Crippen molar-refractivity contribution in [3.05, 3.63) is 16.8 Å². The zero-order chi connectivity index (χ0) is 28.0. The molecule has 0 bridgehead atoms. The first kappa shape index (κ1) is 30.1. The number of fused-ring (bicyclic) bond motifs is 1. The van der Waals surface area contributed by atoms with Gasteiger partial charge in [0.25, 0.3) is 0 Å². The summed E-state index contributed by atoms with van der Waals surface area (Å²) < 4.78 is 66.3. The number of aromatic amines is 1. The van der Waals surface area contributed by atoms with Gasteiger partial charge in [0.1, 0.15) is 35.9 Å². The molecule has 0 amide bonds. The molecule has 17 nitrogen and oxygen atoms in total. The SMILES string of the molecule is Cc1nc(=S)c2ncn([C@@H]3O[C@H]([C@@H](C)OP(=O)(O)OP(=O)(O)OP(=O)(O)O)[C@H](O)C3(O)C#CCF)c2[nH]1. The molecule has 3 unspecified atom stereocenters. The summed E-state index contributed by atoms with van der Waals surface area (Å²) in [6.07, 6.45) is -6.01. The van der Waals surface area contributed by atoms with E-state index in [-0.39, 0.29) is 15.8 Å². The van der Waals surface area contributed by atoms with Gasteiger partial charge in [0.05, 0.1) is 12.4 Å². The molecule has 2 aromatic rings. The number of aryl methyl sites for hydroxylation is 1. The van der Waals surface area contributed by atoms with Crippen molar-refractivity contribution >= 4 is 46.8 Å². The van der Waals surface area contributed by atoms with Gasteiger partial charge < -0.3 is 39.5 Å². The molecule has 1 fully saturated rings. The third kappa shape index (κ3) is 6.77. The lowest BCUT2D eigenvalue weighted by molar-refractivity contribution is -0.0832. The predicted octanol–water partition coefficient (Wildman–Crippen LogP) is 0.491. The normalized spacial score (nSPS) is 28.3. The van der Waals surface area contributed by atoms with Crippen LogP contribution in [0.2, 0.25) is 0 Å². The second-order valence-corrected chi connectivity index (χ2v) is 12.3. The Morgan fingerprint density at radius 3 is 2.54 bits per heavy atom. The fourth-order valence-corrected chi connectivity index (χ4v) is 6.96. The molecule has 0 spiro atoms. The Morgan fingerprint density at radius 1 is 1.30 bits per heavy atom. The maximum absolute atomic E-state index is 12.8. The highest BCUT2D eigenvalue weighted by Gasteiger charge is 2.58. The van der Waals surface area contributed by atoms with Gasteiger partial charge in [-0.2, -0.15) is 8.62 Å². The number of phosphoric ester groups is 1. The van der Waals surface area contributed by atoms with Gasteiger partial charge in [0.2, 0.25) is 0 Å². The van der Waals surface area contributed by atoms with Crippen LogP contribution in [-0.2, 0) is 31.6 Å². The summed E-state index contributed by atoms with van der Waals surface area (Å²) in [7, 11) is -17.1. The Bertz CT molecular complexity index is 1450. The molecule has 0 aliphatic carbocycles. The number of aliphatic hydroxyl groups is 2. The molecule has 1 aliphatic rings. The molecule has 1 aliphatic heterocycles. The van der Waals surface area contributed by atoms with Crippen molar-refractivity contribution < 1.29 is 65.8 Å². The van der Waals surface area contributed by atoms with E-state index in [1.165, 1.54) is 0 Å². The molecule has 7 atom stereocenters. The summed E-state index contributed by atoms with van der Waals surface area (Å²) in [6.45, 7) is 1.37. The zero-order valence-corrected chi connectivity index (χ0v) is 22.1. The lowest BCUT2D eigenvalue weighted by Gasteiger charge is -2.27. The van der Waals surface area contributed by atoms with Crippen molar-refractivity contribution in [3.63, 3.8) is 0 Å². The molecular formula is C15H20FN4O13P3S. The number of phosphoric acid groups is 3. The van der Waals surface area contributed by atoms with E-state index in [9.17, 15) is 38.1 Å². The fraction of sp³-hybridized carbons (Fsp3) is 0.533. The third-order valence-electron chi connectivity index (χ3n) is 4.78. The standard InChI is InChI=1S/C15H20FN4O13P3S/c1-7(31-35(26,27)33-36(28,29)32-34(23,24)25)10-11(21)15(22,4-3-5-16)14(30-10)20-6-17-9-12(20)18-8(2)19-13(9)37/h6-7,10-11,14,21-22H,5H2,1-2H3,(H,26,27)(H,28,29)(H,18,19,37)(H2,23,24,25)/t7-,10-,11+,14-,15?/m1/s1. The van der Waals surface area contributed by atoms with Crippen LogP contribution in [0.15, 0.2) is 6.33 Å². The zero-order valence-electron chi connectivity index (χ0n) is 18.6. The minimum Gasteiger partial charge on any atom is -0.386 e. The number of rotatable bonds is 8.